The molecule has 19 nitrogen and oxygen atoms in total. The summed E-state index contributed by atoms with van der Waals surface area (Å²) < 4.78 is 119. The minimum absolute atomic E-state index is 0.0121. The molecule has 0 atom stereocenters. The first-order chi connectivity index (χ1) is 36.5. The van der Waals surface area contributed by atoms with Crippen LogP contribution in [-0.4, -0.2) is 143 Å². The predicted octanol–water partition coefficient (Wildman–Crippen LogP) is 7.64. The number of rotatable bonds is 17. The lowest BCUT2D eigenvalue weighted by molar-refractivity contribution is -0.138. The van der Waals surface area contributed by atoms with Crippen molar-refractivity contribution >= 4 is 60.5 Å². The molecule has 1 N–H and O–H groups in total. The van der Waals surface area contributed by atoms with E-state index in [1.807, 2.05) is 11.8 Å². The average molecular weight is 1130 g/mol. The molecule has 2 aromatic carbocycles. The maximum atomic E-state index is 14.0. The van der Waals surface area contributed by atoms with Crippen molar-refractivity contribution < 1.29 is 48.0 Å². The number of benzene rings is 2. The molecule has 6 aromatic rings. The van der Waals surface area contributed by atoms with Crippen molar-refractivity contribution in [3.63, 3.8) is 0 Å². The Labute approximate surface area is 446 Å². The molecule has 406 valence electrons. The molecule has 0 saturated carbocycles. The van der Waals surface area contributed by atoms with Gasteiger partial charge in [-0.15, -0.1) is 20.4 Å². The molecule has 1 amide bonds. The van der Waals surface area contributed by atoms with Gasteiger partial charge < -0.3 is 19.1 Å². The second kappa shape index (κ2) is 23.8. The molecule has 4 saturated heterocycles. The van der Waals surface area contributed by atoms with Crippen molar-refractivity contribution in [3.8, 4) is 22.9 Å². The van der Waals surface area contributed by atoms with Gasteiger partial charge in [0.05, 0.1) is 57.5 Å². The molecular formula is C49H54Cl2F4N12O7S2. The minimum Gasteiger partial charge on any atom is -0.415 e. The number of likely N-dealkylation sites (tertiary alicyclic amines) is 3. The number of aromatic nitrogens is 6. The zero-order chi connectivity index (χ0) is 53.7. The number of pyridine rings is 2. The van der Waals surface area contributed by atoms with Crippen molar-refractivity contribution in [2.24, 2.45) is 0 Å². The van der Waals surface area contributed by atoms with Crippen LogP contribution >= 0.6 is 23.2 Å². The quantitative estimate of drug-likeness (QED) is 0.0868. The highest BCUT2D eigenvalue weighted by atomic mass is 35.5. The Kier molecular flexibility index (Phi) is 17.2. The number of carbonyl (C=O) groups excluding carboxylic acids is 1. The zero-order valence-corrected chi connectivity index (χ0v) is 44.2. The molecule has 0 bridgehead atoms. The van der Waals surface area contributed by atoms with E-state index in [2.05, 4.69) is 45.5 Å². The van der Waals surface area contributed by atoms with Crippen molar-refractivity contribution in [3.05, 3.63) is 118 Å². The summed E-state index contributed by atoms with van der Waals surface area (Å²) in [6.07, 6.45) is -0.464. The van der Waals surface area contributed by atoms with Crippen LogP contribution in [0, 0.1) is 0 Å². The monoisotopic (exact) mass is 1130 g/mol. The highest BCUT2D eigenvalue weighted by Crippen LogP contribution is 2.34. The van der Waals surface area contributed by atoms with Gasteiger partial charge in [-0.25, -0.2) is 16.8 Å². The summed E-state index contributed by atoms with van der Waals surface area (Å²) in [7, 11) is -7.54. The number of hydrogen-bond acceptors (Lipinski definition) is 16. The average Bonchev–Trinajstić information content (AvgIpc) is 4.10. The van der Waals surface area contributed by atoms with E-state index in [9.17, 15) is 39.2 Å². The summed E-state index contributed by atoms with van der Waals surface area (Å²) in [5.74, 6) is -1.60. The summed E-state index contributed by atoms with van der Waals surface area (Å²) in [6.45, 7) is 7.78. The number of piperidine rings is 2. The molecule has 27 heteroatoms. The molecule has 4 aromatic heterocycles. The van der Waals surface area contributed by atoms with Crippen LogP contribution < -0.4 is 13.9 Å². The Morgan fingerprint density at radius 1 is 0.658 bits per heavy atom. The Morgan fingerprint density at radius 2 is 1.09 bits per heavy atom. The van der Waals surface area contributed by atoms with E-state index >= 15 is 0 Å². The molecule has 10 rings (SSSR count). The lowest BCUT2D eigenvalue weighted by Gasteiger charge is -2.47. The molecule has 4 aliphatic heterocycles. The number of carbonyl (C=O) groups is 1. The molecule has 0 spiro atoms. The SMILES string of the molecule is CCC(=O)N1CC(N2CCC(S(=O)(=O)N(Cc3ccc(-c4nnc(C(F)F)o4)cn3)c3cccc(Cl)c3)CC2)C1.O=S(=O)(C1CCN(C2CNC2)CC1)N(Cc1ccc(-c2nnc(C(F)F)o2)cn1)c1cccc(Cl)c1. The number of hydrogen-bond donors (Lipinski definition) is 1. The number of alkyl halides is 4. The van der Waals surface area contributed by atoms with Crippen LogP contribution in [0.3, 0.4) is 0 Å². The fourth-order valence-corrected chi connectivity index (χ4v) is 13.6. The van der Waals surface area contributed by atoms with E-state index in [1.165, 1.54) is 21.0 Å². The van der Waals surface area contributed by atoms with Crippen LogP contribution in [0.2, 0.25) is 10.0 Å². The molecule has 0 radical (unpaired) electrons. The van der Waals surface area contributed by atoms with Gasteiger partial charge in [0.15, 0.2) is 0 Å². The van der Waals surface area contributed by atoms with Crippen molar-refractivity contribution in [1.29, 1.82) is 0 Å². The van der Waals surface area contributed by atoms with Gasteiger partial charge in [0.2, 0.25) is 37.7 Å². The van der Waals surface area contributed by atoms with Crippen LogP contribution in [0.4, 0.5) is 28.9 Å². The number of sulfonamides is 2. The summed E-state index contributed by atoms with van der Waals surface area (Å²) in [6, 6.07) is 20.5. The maximum absolute atomic E-state index is 14.0. The smallest absolute Gasteiger partial charge is 0.314 e. The van der Waals surface area contributed by atoms with E-state index in [4.69, 9.17) is 32.0 Å². The molecule has 8 heterocycles. The standard InChI is InChI=1S/C26H29ClF2N6O4S.C23H25ClF2N6O3S/c1-2-23(36)34-15-21(16-34)33-10-8-22(9-11-33)40(37,38)35(20-5-3-4-18(27)12-20)14-19-7-6-17(13-30-19)25-31-32-26(39-25)24(28)29;24-16-2-1-3-18(10-16)32(36(33,34)20-6-8-31(9-7-20)19-12-27-13-19)14-17-5-4-15(11-28-17)22-29-30-23(35-22)21(25)26/h3-7,12-13,21-22,24H,2,8-11,14-16H2,1H3;1-5,10-11,19-21,27H,6-9,12-14H2. The Bertz CT molecular complexity index is 3160. The number of nitrogens with one attached hydrogen (secondary N) is 1. The van der Waals surface area contributed by atoms with E-state index < -0.39 is 55.2 Å². The first kappa shape index (κ1) is 54.9. The zero-order valence-electron chi connectivity index (χ0n) is 41.0. The van der Waals surface area contributed by atoms with Crippen molar-refractivity contribution in [2.75, 3.05) is 61.0 Å². The summed E-state index contributed by atoms with van der Waals surface area (Å²) in [4.78, 5) is 27.0. The third-order valence-electron chi connectivity index (χ3n) is 13.9. The molecule has 76 heavy (non-hydrogen) atoms. The predicted molar refractivity (Wildman–Crippen MR) is 275 cm³/mol. The lowest BCUT2D eigenvalue weighted by atomic mass is 10.0. The van der Waals surface area contributed by atoms with E-state index in [0.29, 0.717) is 108 Å². The van der Waals surface area contributed by atoms with E-state index in [1.54, 1.807) is 72.8 Å². The molecule has 4 fully saturated rings. The highest BCUT2D eigenvalue weighted by molar-refractivity contribution is 7.93. The van der Waals surface area contributed by atoms with Crippen LogP contribution in [0.15, 0.2) is 94.0 Å². The third-order valence-corrected chi connectivity index (χ3v) is 18.9. The van der Waals surface area contributed by atoms with Crippen molar-refractivity contribution in [1.82, 2.24) is 50.4 Å². The Hall–Kier alpha value is -5.83. The first-order valence-corrected chi connectivity index (χ1v) is 28.4. The largest absolute Gasteiger partial charge is 0.415 e. The minimum atomic E-state index is -3.81. The normalized spacial score (nSPS) is 17.6. The van der Waals surface area contributed by atoms with Gasteiger partial charge in [-0.1, -0.05) is 42.3 Å². The topological polar surface area (TPSA) is 217 Å². The van der Waals surface area contributed by atoms with E-state index in [0.717, 1.165) is 26.2 Å². The lowest BCUT2D eigenvalue weighted by Crippen LogP contribution is -2.62. The number of nitrogens with zero attached hydrogens (tertiary/aromatic N) is 11. The Morgan fingerprint density at radius 3 is 1.43 bits per heavy atom. The van der Waals surface area contributed by atoms with Gasteiger partial charge in [0, 0.05) is 67.1 Å². The number of halogens is 6. The van der Waals surface area contributed by atoms with E-state index in [-0.39, 0.29) is 36.8 Å². The van der Waals surface area contributed by atoms with Gasteiger partial charge in [-0.05, 0) is 113 Å². The fraction of sp³-hybridized carbons (Fsp3) is 0.449. The number of amides is 1. The summed E-state index contributed by atoms with van der Waals surface area (Å²) >= 11 is 12.4. The molecule has 4 aliphatic rings. The Balaban J connectivity index is 0.000000187. The molecule has 0 aliphatic carbocycles. The third kappa shape index (κ3) is 12.6. The highest BCUT2D eigenvalue weighted by Gasteiger charge is 2.41. The van der Waals surface area contributed by atoms with Crippen LogP contribution in [-0.2, 0) is 37.9 Å². The van der Waals surface area contributed by atoms with Gasteiger partial charge >= 0.3 is 12.9 Å². The first-order valence-electron chi connectivity index (χ1n) is 24.6. The van der Waals surface area contributed by atoms with Crippen LogP contribution in [0.1, 0.15) is 75.0 Å². The van der Waals surface area contributed by atoms with Gasteiger partial charge in [-0.2, -0.15) is 17.6 Å². The van der Waals surface area contributed by atoms with Crippen LogP contribution in [0.25, 0.3) is 22.9 Å². The molecule has 0 unspecified atom stereocenters. The number of anilines is 2. The van der Waals surface area contributed by atoms with Gasteiger partial charge in [0.25, 0.3) is 11.8 Å². The van der Waals surface area contributed by atoms with Crippen LogP contribution in [0.5, 0.6) is 0 Å². The summed E-state index contributed by atoms with van der Waals surface area (Å²) in [5, 5.41) is 16.8. The van der Waals surface area contributed by atoms with Crippen molar-refractivity contribution in [2.45, 2.75) is 87.6 Å². The fourth-order valence-electron chi connectivity index (χ4n) is 9.46. The van der Waals surface area contributed by atoms with Gasteiger partial charge in [0.1, 0.15) is 0 Å². The second-order valence-corrected chi connectivity index (χ2v) is 23.9. The maximum Gasteiger partial charge on any atom is 0.314 e. The van der Waals surface area contributed by atoms with Gasteiger partial charge in [-0.3, -0.25) is 33.2 Å². The summed E-state index contributed by atoms with van der Waals surface area (Å²) in [5.41, 5.74) is 2.47. The second-order valence-electron chi connectivity index (χ2n) is 18.7. The molecular weight excluding hydrogens is 1080 g/mol.